The van der Waals surface area contributed by atoms with Gasteiger partial charge in [0.25, 0.3) is 16.6 Å². The first-order valence-electron chi connectivity index (χ1n) is 13.9. The Morgan fingerprint density at radius 1 is 1.05 bits per heavy atom. The fraction of sp³-hybridized carbons (Fsp3) is 0.593. The van der Waals surface area contributed by atoms with Crippen LogP contribution in [-0.4, -0.2) is 78.7 Å². The normalized spacial score (nSPS) is 20.6. The lowest BCUT2D eigenvalue weighted by Crippen LogP contribution is -2.43. The van der Waals surface area contributed by atoms with Crippen LogP contribution in [0.3, 0.4) is 0 Å². The van der Waals surface area contributed by atoms with Gasteiger partial charge in [-0.1, -0.05) is 18.6 Å². The molecule has 1 aliphatic heterocycles. The minimum Gasteiger partial charge on any atom is -0.378 e. The zero-order valence-corrected chi connectivity index (χ0v) is 23.8. The predicted octanol–water partition coefficient (Wildman–Crippen LogP) is 3.87. The summed E-state index contributed by atoms with van der Waals surface area (Å²) in [5.41, 5.74) is 1.08. The molecule has 0 radical (unpaired) electrons. The second-order valence-electron chi connectivity index (χ2n) is 10.7. The minimum atomic E-state index is -3.43. The molecule has 0 unspecified atom stereocenters. The summed E-state index contributed by atoms with van der Waals surface area (Å²) in [6.45, 7) is 2.50. The Hall–Kier alpha value is -2.74. The second kappa shape index (κ2) is 12.4. The van der Waals surface area contributed by atoms with Crippen molar-refractivity contribution in [2.75, 3.05) is 45.3 Å². The van der Waals surface area contributed by atoms with Crippen molar-refractivity contribution in [3.8, 4) is 5.82 Å². The standard InChI is InChI=1S/C27H37F2N7O3S/c1-34(2)40(37,38)33-20-12-10-19(11-13-20)6-5-9-23-31-24(35-14-16-39-17-15-35)18-25(32-23)36-22-8-4-3-7-21(22)30-27(36)26(28)29/h3-4,7-8,18-20,26,33H,5-6,9-17H2,1-2H3. The number of rotatable bonds is 10. The van der Waals surface area contributed by atoms with Gasteiger partial charge in [0.2, 0.25) is 0 Å². The average molecular weight is 578 g/mol. The van der Waals surface area contributed by atoms with Crippen LogP contribution in [0.4, 0.5) is 14.6 Å². The molecule has 2 fully saturated rings. The number of morpholine rings is 1. The van der Waals surface area contributed by atoms with Gasteiger partial charge in [0, 0.05) is 45.7 Å². The van der Waals surface area contributed by atoms with Gasteiger partial charge >= 0.3 is 0 Å². The molecule has 10 nitrogen and oxygen atoms in total. The first-order valence-corrected chi connectivity index (χ1v) is 15.3. The lowest BCUT2D eigenvalue weighted by atomic mass is 9.83. The minimum absolute atomic E-state index is 0.0335. The molecule has 1 N–H and O–H groups in total. The highest BCUT2D eigenvalue weighted by Gasteiger charge is 2.26. The Kier molecular flexibility index (Phi) is 8.93. The number of hydrogen-bond donors (Lipinski definition) is 1. The predicted molar refractivity (Wildman–Crippen MR) is 149 cm³/mol. The zero-order chi connectivity index (χ0) is 28.3. The van der Waals surface area contributed by atoms with E-state index in [1.807, 2.05) is 0 Å². The number of aromatic nitrogens is 4. The van der Waals surface area contributed by atoms with Crippen LogP contribution in [0.1, 0.15) is 56.6 Å². The largest absolute Gasteiger partial charge is 0.378 e. The number of fused-ring (bicyclic) bond motifs is 1. The van der Waals surface area contributed by atoms with Crippen molar-refractivity contribution in [2.24, 2.45) is 5.92 Å². The molecule has 0 spiro atoms. The summed E-state index contributed by atoms with van der Waals surface area (Å²) in [6, 6.07) is 8.83. The van der Waals surface area contributed by atoms with Gasteiger partial charge in [-0.15, -0.1) is 0 Å². The van der Waals surface area contributed by atoms with Gasteiger partial charge in [0.1, 0.15) is 17.5 Å². The van der Waals surface area contributed by atoms with Crippen LogP contribution in [0.2, 0.25) is 0 Å². The van der Waals surface area contributed by atoms with E-state index in [4.69, 9.17) is 14.7 Å². The second-order valence-corrected chi connectivity index (χ2v) is 12.6. The van der Waals surface area contributed by atoms with Crippen LogP contribution in [0.5, 0.6) is 0 Å². The summed E-state index contributed by atoms with van der Waals surface area (Å²) < 4.78 is 63.4. The van der Waals surface area contributed by atoms with Gasteiger partial charge in [-0.2, -0.15) is 17.4 Å². The molecule has 0 bridgehead atoms. The van der Waals surface area contributed by atoms with Crippen LogP contribution in [-0.2, 0) is 21.4 Å². The quantitative estimate of drug-likeness (QED) is 0.390. The van der Waals surface area contributed by atoms with Gasteiger partial charge in [0.05, 0.1) is 24.2 Å². The first kappa shape index (κ1) is 28.8. The van der Waals surface area contributed by atoms with E-state index in [1.54, 1.807) is 30.3 Å². The van der Waals surface area contributed by atoms with Gasteiger partial charge in [-0.3, -0.25) is 4.57 Å². The zero-order valence-electron chi connectivity index (χ0n) is 23.0. The Morgan fingerprint density at radius 3 is 2.45 bits per heavy atom. The molecule has 40 heavy (non-hydrogen) atoms. The van der Waals surface area contributed by atoms with Crippen LogP contribution >= 0.6 is 0 Å². The molecule has 1 saturated heterocycles. The van der Waals surface area contributed by atoms with E-state index in [2.05, 4.69) is 14.6 Å². The number of halogens is 2. The monoisotopic (exact) mass is 577 g/mol. The van der Waals surface area contributed by atoms with E-state index in [-0.39, 0.29) is 11.9 Å². The van der Waals surface area contributed by atoms with Gasteiger partial charge in [-0.05, 0) is 50.2 Å². The number of nitrogens with one attached hydrogen (secondary N) is 1. The van der Waals surface area contributed by atoms with Crippen molar-refractivity contribution in [3.63, 3.8) is 0 Å². The number of ether oxygens (including phenoxy) is 1. The Labute approximate surface area is 233 Å². The number of para-hydroxylation sites is 2. The summed E-state index contributed by atoms with van der Waals surface area (Å²) >= 11 is 0. The number of imidazole rings is 1. The summed E-state index contributed by atoms with van der Waals surface area (Å²) in [5.74, 6) is 1.88. The Morgan fingerprint density at radius 2 is 1.75 bits per heavy atom. The lowest BCUT2D eigenvalue weighted by Gasteiger charge is -2.30. The van der Waals surface area contributed by atoms with Gasteiger partial charge < -0.3 is 9.64 Å². The number of nitrogens with zero attached hydrogens (tertiary/aromatic N) is 6. The lowest BCUT2D eigenvalue weighted by molar-refractivity contribution is 0.122. The third-order valence-corrected chi connectivity index (χ3v) is 9.34. The third kappa shape index (κ3) is 6.59. The van der Waals surface area contributed by atoms with Crippen molar-refractivity contribution in [3.05, 3.63) is 42.0 Å². The number of benzene rings is 1. The smallest absolute Gasteiger partial charge is 0.296 e. The van der Waals surface area contributed by atoms with Crippen LogP contribution in [0.25, 0.3) is 16.9 Å². The highest BCUT2D eigenvalue weighted by atomic mass is 32.2. The first-order chi connectivity index (χ1) is 19.2. The van der Waals surface area contributed by atoms with Crippen LogP contribution < -0.4 is 9.62 Å². The molecular weight excluding hydrogens is 540 g/mol. The molecule has 1 saturated carbocycles. The number of alkyl halides is 2. The molecular formula is C27H37F2N7O3S. The summed E-state index contributed by atoms with van der Waals surface area (Å²) in [7, 11) is -0.372. The van der Waals surface area contributed by atoms with Crippen molar-refractivity contribution < 1.29 is 21.9 Å². The molecule has 13 heteroatoms. The van der Waals surface area contributed by atoms with E-state index in [1.165, 1.54) is 23.0 Å². The molecule has 0 amide bonds. The van der Waals surface area contributed by atoms with Crippen molar-refractivity contribution in [1.82, 2.24) is 28.5 Å². The summed E-state index contributed by atoms with van der Waals surface area (Å²) in [5, 5.41) is 0. The topological polar surface area (TPSA) is 105 Å². The fourth-order valence-electron chi connectivity index (χ4n) is 5.52. The molecule has 5 rings (SSSR count). The fourth-order valence-corrected chi connectivity index (χ4v) is 6.38. The van der Waals surface area contributed by atoms with E-state index < -0.39 is 16.6 Å². The molecule has 2 aromatic heterocycles. The molecule has 2 aliphatic rings. The van der Waals surface area contributed by atoms with Crippen LogP contribution in [0, 0.1) is 5.92 Å². The maximum Gasteiger partial charge on any atom is 0.296 e. The van der Waals surface area contributed by atoms with Crippen molar-refractivity contribution >= 4 is 27.1 Å². The average Bonchev–Trinajstić information content (AvgIpc) is 3.34. The highest BCUT2D eigenvalue weighted by molar-refractivity contribution is 7.87. The Bertz CT molecular complexity index is 1400. The SMILES string of the molecule is CN(C)S(=O)(=O)NC1CCC(CCCc2nc(N3CCOCC3)cc(-n3c(C(F)F)nc4ccccc43)n2)CC1. The Balaban J connectivity index is 1.32. The molecule has 1 aliphatic carbocycles. The molecule has 1 aromatic carbocycles. The molecule has 0 atom stereocenters. The maximum atomic E-state index is 14.1. The van der Waals surface area contributed by atoms with E-state index in [0.717, 1.165) is 38.5 Å². The number of aryl methyl sites for hydroxylation is 1. The summed E-state index contributed by atoms with van der Waals surface area (Å²) in [4.78, 5) is 15.9. The third-order valence-electron chi connectivity index (χ3n) is 7.75. The molecule has 218 valence electrons. The number of hydrogen-bond acceptors (Lipinski definition) is 7. The van der Waals surface area contributed by atoms with Crippen molar-refractivity contribution in [1.29, 1.82) is 0 Å². The molecule has 3 aromatic rings. The van der Waals surface area contributed by atoms with E-state index in [9.17, 15) is 17.2 Å². The number of anilines is 1. The highest BCUT2D eigenvalue weighted by Crippen LogP contribution is 2.31. The summed E-state index contributed by atoms with van der Waals surface area (Å²) in [6.07, 6.45) is 3.24. The van der Waals surface area contributed by atoms with E-state index >= 15 is 0 Å². The van der Waals surface area contributed by atoms with Crippen LogP contribution in [0.15, 0.2) is 30.3 Å². The van der Waals surface area contributed by atoms with Crippen molar-refractivity contribution in [2.45, 2.75) is 57.4 Å². The van der Waals surface area contributed by atoms with Gasteiger partial charge in [-0.25, -0.2) is 23.7 Å². The van der Waals surface area contributed by atoms with E-state index in [0.29, 0.717) is 67.1 Å². The molecule has 3 heterocycles. The van der Waals surface area contributed by atoms with Gasteiger partial charge in [0.15, 0.2) is 5.82 Å². The maximum absolute atomic E-state index is 14.1.